The zero-order valence-electron chi connectivity index (χ0n) is 24.6. The van der Waals surface area contributed by atoms with Crippen molar-refractivity contribution in [3.05, 3.63) is 88.0 Å². The highest BCUT2D eigenvalue weighted by Gasteiger charge is 2.59. The predicted octanol–water partition coefficient (Wildman–Crippen LogP) is 5.70. The number of esters is 2. The molecule has 0 bridgehead atoms. The minimum absolute atomic E-state index is 0.206. The normalized spacial score (nSPS) is 20.5. The van der Waals surface area contributed by atoms with E-state index < -0.39 is 52.6 Å². The van der Waals surface area contributed by atoms with Gasteiger partial charge in [0.1, 0.15) is 19.4 Å². The molecule has 1 unspecified atom stereocenters. The van der Waals surface area contributed by atoms with Crippen molar-refractivity contribution in [3.8, 4) is 5.75 Å². The van der Waals surface area contributed by atoms with Crippen LogP contribution in [0.1, 0.15) is 83.0 Å². The molecule has 0 amide bonds. The Morgan fingerprint density at radius 3 is 2.16 bits per heavy atom. The molecule has 6 rings (SSSR count). The van der Waals surface area contributed by atoms with Crippen LogP contribution in [0.2, 0.25) is 12.1 Å². The van der Waals surface area contributed by atoms with Gasteiger partial charge in [-0.25, -0.2) is 9.59 Å². The first-order valence-corrected chi connectivity index (χ1v) is 18.2. The van der Waals surface area contributed by atoms with E-state index in [1.165, 1.54) is 24.3 Å². The molecule has 2 spiro atoms. The van der Waals surface area contributed by atoms with Gasteiger partial charge in [-0.3, -0.25) is 0 Å². The van der Waals surface area contributed by atoms with Gasteiger partial charge in [0, 0.05) is 16.7 Å². The van der Waals surface area contributed by atoms with Crippen molar-refractivity contribution in [2.45, 2.75) is 75.8 Å². The molecule has 0 saturated carbocycles. The van der Waals surface area contributed by atoms with Crippen LogP contribution >= 0.6 is 0 Å². The number of aryl methyl sites for hydroxylation is 1. The Hall–Kier alpha value is -3.64. The van der Waals surface area contributed by atoms with Crippen molar-refractivity contribution < 1.29 is 44.8 Å². The number of hydrogen-bond donors (Lipinski definition) is 0. The van der Waals surface area contributed by atoms with E-state index in [-0.39, 0.29) is 11.1 Å². The number of carbonyl (C=O) groups excluding carboxylic acids is 2. The van der Waals surface area contributed by atoms with Gasteiger partial charge in [-0.1, -0.05) is 49.1 Å². The second-order valence-corrected chi connectivity index (χ2v) is 18.5. The lowest BCUT2D eigenvalue weighted by Crippen LogP contribution is -2.67. The summed E-state index contributed by atoms with van der Waals surface area (Å²) in [5, 5.41) is 1.64. The molecule has 7 nitrogen and oxygen atoms in total. The predicted molar refractivity (Wildman–Crippen MR) is 159 cm³/mol. The van der Waals surface area contributed by atoms with E-state index >= 15 is 0 Å². The molecule has 0 N–H and O–H groups in total. The van der Waals surface area contributed by atoms with Crippen molar-refractivity contribution in [1.29, 1.82) is 0 Å². The molecule has 3 aromatic rings. The molecule has 12 heteroatoms. The molecule has 3 aromatic carbocycles. The third-order valence-corrected chi connectivity index (χ3v) is 14.9. The Morgan fingerprint density at radius 1 is 0.886 bits per heavy atom. The Morgan fingerprint density at radius 2 is 1.52 bits per heavy atom. The monoisotopic (exact) mass is 644 g/mol. The Kier molecular flexibility index (Phi) is 6.86. The number of fused-ring (bicyclic) bond motifs is 8. The number of carbonyl (C=O) groups is 2. The fourth-order valence-corrected chi connectivity index (χ4v) is 13.2. The molecule has 232 valence electrons. The molecule has 3 heterocycles. The molecule has 3 aliphatic rings. The molecular weight excluding hydrogens is 613 g/mol. The maximum atomic E-state index is 13.5. The summed E-state index contributed by atoms with van der Waals surface area (Å²) in [6, 6.07) is 16.1. The summed E-state index contributed by atoms with van der Waals surface area (Å²) >= 11 is 0. The fraction of sp³-hybridized carbons (Fsp3) is 0.375. The van der Waals surface area contributed by atoms with Crippen LogP contribution in [0.4, 0.5) is 13.2 Å². The SMILES string of the molecule is Cc1ccc2c(c1)[Si]1(CCCCC1)c1cc(OS(=O)(=O)C(F)(F)F)ccc1C21OC(=O)c2ccc(C(=O)OC(C)(C)C)cc21. The molecule has 1 fully saturated rings. The molecule has 0 aliphatic carbocycles. The van der Waals surface area contributed by atoms with Crippen molar-refractivity contribution in [1.82, 2.24) is 0 Å². The van der Waals surface area contributed by atoms with Crippen molar-refractivity contribution in [3.63, 3.8) is 0 Å². The van der Waals surface area contributed by atoms with Gasteiger partial charge in [-0.05, 0) is 80.5 Å². The lowest BCUT2D eigenvalue weighted by atomic mass is 9.78. The van der Waals surface area contributed by atoms with E-state index in [2.05, 4.69) is 10.2 Å². The van der Waals surface area contributed by atoms with Gasteiger partial charge in [0.25, 0.3) is 0 Å². The highest BCUT2D eigenvalue weighted by Crippen LogP contribution is 2.51. The average molecular weight is 645 g/mol. The Bertz CT molecular complexity index is 1820. The molecule has 3 aliphatic heterocycles. The number of benzene rings is 3. The van der Waals surface area contributed by atoms with Gasteiger partial charge in [0.05, 0.1) is 11.1 Å². The van der Waals surface area contributed by atoms with Crippen LogP contribution in [0, 0.1) is 6.92 Å². The molecule has 1 atom stereocenters. The zero-order valence-corrected chi connectivity index (χ0v) is 26.4. The van der Waals surface area contributed by atoms with Crippen molar-refractivity contribution >= 4 is 40.5 Å². The molecule has 0 aromatic heterocycles. The Balaban J connectivity index is 1.64. The van der Waals surface area contributed by atoms with E-state index in [4.69, 9.17) is 9.47 Å². The first-order valence-electron chi connectivity index (χ1n) is 14.4. The summed E-state index contributed by atoms with van der Waals surface area (Å²) in [5.41, 5.74) is -4.80. The lowest BCUT2D eigenvalue weighted by molar-refractivity contribution is -0.0500. The fourth-order valence-electron chi connectivity index (χ4n) is 6.92. The highest BCUT2D eigenvalue weighted by molar-refractivity contribution is 7.88. The summed E-state index contributed by atoms with van der Waals surface area (Å²) in [6.07, 6.45) is 2.76. The van der Waals surface area contributed by atoms with Crippen LogP contribution in [0.5, 0.6) is 5.75 Å². The standard InChI is InChI=1S/C32H31F3O7SSi/c1-19-8-12-23-26(16-19)44(14-6-5-7-15-44)27-18-21(42-43(38,39)32(33,34)35)10-13-24(27)31(23)25-17-20(28(36)40-30(2,3)4)9-11-22(25)29(37)41-31/h8-13,16-18H,5-7,14-15H2,1-4H3. The molecule has 0 radical (unpaired) electrons. The topological polar surface area (TPSA) is 96.0 Å². The second kappa shape index (κ2) is 9.93. The zero-order chi connectivity index (χ0) is 31.9. The number of hydrogen-bond acceptors (Lipinski definition) is 7. The smallest absolute Gasteiger partial charge is 0.456 e. The third kappa shape index (κ3) is 4.64. The van der Waals surface area contributed by atoms with E-state index in [1.54, 1.807) is 26.8 Å². The van der Waals surface area contributed by atoms with Crippen LogP contribution in [0.25, 0.3) is 0 Å². The number of rotatable bonds is 3. The van der Waals surface area contributed by atoms with Crippen molar-refractivity contribution in [2.24, 2.45) is 0 Å². The highest BCUT2D eigenvalue weighted by atomic mass is 32.2. The maximum Gasteiger partial charge on any atom is 0.534 e. The van der Waals surface area contributed by atoms with E-state index in [0.717, 1.165) is 53.7 Å². The summed E-state index contributed by atoms with van der Waals surface area (Å²) in [4.78, 5) is 26.7. The number of halogens is 3. The van der Waals surface area contributed by atoms with Gasteiger partial charge in [-0.2, -0.15) is 21.6 Å². The van der Waals surface area contributed by atoms with E-state index in [9.17, 15) is 31.2 Å². The minimum Gasteiger partial charge on any atom is -0.456 e. The lowest BCUT2D eigenvalue weighted by Gasteiger charge is -2.48. The first-order chi connectivity index (χ1) is 20.5. The summed E-state index contributed by atoms with van der Waals surface area (Å²) in [7, 11) is -8.66. The first kappa shape index (κ1) is 30.4. The number of alkyl halides is 3. The van der Waals surface area contributed by atoms with Crippen molar-refractivity contribution in [2.75, 3.05) is 0 Å². The third-order valence-electron chi connectivity index (χ3n) is 8.65. The van der Waals surface area contributed by atoms with Crippen LogP contribution in [-0.4, -0.2) is 39.5 Å². The van der Waals surface area contributed by atoms with Crippen LogP contribution in [0.3, 0.4) is 0 Å². The molecule has 44 heavy (non-hydrogen) atoms. The van der Waals surface area contributed by atoms with Crippen LogP contribution < -0.4 is 14.6 Å². The van der Waals surface area contributed by atoms with Crippen LogP contribution in [-0.2, 0) is 25.2 Å². The summed E-state index contributed by atoms with van der Waals surface area (Å²) in [5.74, 6) is -1.67. The maximum absolute atomic E-state index is 13.5. The average Bonchev–Trinajstić information content (AvgIpc) is 3.23. The van der Waals surface area contributed by atoms with Gasteiger partial charge >= 0.3 is 27.6 Å². The quantitative estimate of drug-likeness (QED) is 0.156. The molecule has 1 saturated heterocycles. The van der Waals surface area contributed by atoms with E-state index in [0.29, 0.717) is 16.3 Å². The molecular formula is C32H31F3O7SSi. The summed E-state index contributed by atoms with van der Waals surface area (Å²) in [6.45, 7) is 7.18. The largest absolute Gasteiger partial charge is 0.534 e. The minimum atomic E-state index is -5.92. The number of ether oxygens (including phenoxy) is 2. The Labute approximate surface area is 254 Å². The van der Waals surface area contributed by atoms with Gasteiger partial charge in [0.2, 0.25) is 0 Å². The van der Waals surface area contributed by atoms with E-state index in [1.807, 2.05) is 19.1 Å². The van der Waals surface area contributed by atoms with Crippen LogP contribution in [0.15, 0.2) is 54.6 Å². The summed E-state index contributed by atoms with van der Waals surface area (Å²) < 4.78 is 80.4. The van der Waals surface area contributed by atoms with Gasteiger partial charge < -0.3 is 13.7 Å². The van der Waals surface area contributed by atoms with Gasteiger partial charge in [0.15, 0.2) is 5.60 Å². The second-order valence-electron chi connectivity index (χ2n) is 12.7. The van der Waals surface area contributed by atoms with Gasteiger partial charge in [-0.15, -0.1) is 0 Å².